The van der Waals surface area contributed by atoms with E-state index in [1.807, 2.05) is 7.05 Å². The van der Waals surface area contributed by atoms with Crippen molar-refractivity contribution in [2.24, 2.45) is 5.92 Å². The number of ether oxygens (including phenoxy) is 1. The Labute approximate surface area is 104 Å². The van der Waals surface area contributed by atoms with Crippen LogP contribution in [0.3, 0.4) is 0 Å². The molecule has 1 fully saturated rings. The zero-order valence-electron chi connectivity index (χ0n) is 11.0. The Kier molecular flexibility index (Phi) is 4.24. The van der Waals surface area contributed by atoms with E-state index >= 15 is 0 Å². The second kappa shape index (κ2) is 5.69. The molecule has 1 aliphatic heterocycles. The molecule has 17 heavy (non-hydrogen) atoms. The molecule has 2 rings (SSSR count). The van der Waals surface area contributed by atoms with Gasteiger partial charge in [0.15, 0.2) is 0 Å². The lowest BCUT2D eigenvalue weighted by Gasteiger charge is -2.25. The average Bonchev–Trinajstić information content (AvgIpc) is 2.99. The van der Waals surface area contributed by atoms with Gasteiger partial charge >= 0.3 is 0 Å². The molecule has 3 nitrogen and oxygen atoms in total. The summed E-state index contributed by atoms with van der Waals surface area (Å²) in [5.41, 5.74) is 0. The Morgan fingerprint density at radius 3 is 2.82 bits per heavy atom. The molecule has 0 bridgehead atoms. The van der Waals surface area contributed by atoms with Crippen LogP contribution < -0.4 is 5.32 Å². The van der Waals surface area contributed by atoms with Crippen LogP contribution in [0.1, 0.15) is 44.3 Å². The summed E-state index contributed by atoms with van der Waals surface area (Å²) in [6.45, 7) is 5.18. The minimum Gasteiger partial charge on any atom is -0.464 e. The van der Waals surface area contributed by atoms with Crippen LogP contribution in [0.25, 0.3) is 0 Å². The number of furan rings is 1. The molecule has 0 amide bonds. The summed E-state index contributed by atoms with van der Waals surface area (Å²) in [7, 11) is 2.00. The first-order valence-electron chi connectivity index (χ1n) is 6.67. The highest BCUT2D eigenvalue weighted by molar-refractivity contribution is 5.12. The summed E-state index contributed by atoms with van der Waals surface area (Å²) >= 11 is 0. The Balaban J connectivity index is 2.14. The molecule has 96 valence electrons. The van der Waals surface area contributed by atoms with Gasteiger partial charge in [0, 0.05) is 18.9 Å². The van der Waals surface area contributed by atoms with E-state index in [2.05, 4.69) is 31.3 Å². The van der Waals surface area contributed by atoms with Crippen LogP contribution in [0.5, 0.6) is 0 Å². The zero-order chi connectivity index (χ0) is 12.3. The minimum atomic E-state index is 0.280. The van der Waals surface area contributed by atoms with Gasteiger partial charge in [0.2, 0.25) is 0 Å². The van der Waals surface area contributed by atoms with Gasteiger partial charge in [-0.25, -0.2) is 0 Å². The monoisotopic (exact) mass is 237 g/mol. The third-order valence-corrected chi connectivity index (χ3v) is 3.74. The maximum absolute atomic E-state index is 5.87. The number of aryl methyl sites for hydroxylation is 1. The number of rotatable bonds is 5. The Bertz CT molecular complexity index is 348. The molecule has 1 N–H and O–H groups in total. The van der Waals surface area contributed by atoms with Gasteiger partial charge in [-0.15, -0.1) is 0 Å². The van der Waals surface area contributed by atoms with Crippen molar-refractivity contribution in [3.63, 3.8) is 0 Å². The molecule has 1 aromatic rings. The summed E-state index contributed by atoms with van der Waals surface area (Å²) in [5, 5.41) is 3.39. The molecule has 3 atom stereocenters. The highest BCUT2D eigenvalue weighted by Gasteiger charge is 2.35. The molecule has 2 heterocycles. The van der Waals surface area contributed by atoms with Crippen LogP contribution >= 0.6 is 0 Å². The van der Waals surface area contributed by atoms with Gasteiger partial charge in [-0.3, -0.25) is 0 Å². The van der Waals surface area contributed by atoms with Crippen LogP contribution in [0, 0.1) is 5.92 Å². The van der Waals surface area contributed by atoms with Crippen LogP contribution in [0.2, 0.25) is 0 Å². The van der Waals surface area contributed by atoms with Crippen LogP contribution in [0.4, 0.5) is 0 Å². The highest BCUT2D eigenvalue weighted by Crippen LogP contribution is 2.35. The fourth-order valence-electron chi connectivity index (χ4n) is 2.79. The smallest absolute Gasteiger partial charge is 0.121 e. The first-order valence-corrected chi connectivity index (χ1v) is 6.67. The van der Waals surface area contributed by atoms with Crippen molar-refractivity contribution < 1.29 is 9.15 Å². The fourth-order valence-corrected chi connectivity index (χ4v) is 2.79. The first kappa shape index (κ1) is 12.7. The van der Waals surface area contributed by atoms with E-state index in [9.17, 15) is 0 Å². The molecule has 0 spiro atoms. The second-order valence-electron chi connectivity index (χ2n) is 4.69. The van der Waals surface area contributed by atoms with E-state index in [1.54, 1.807) is 0 Å². The number of hydrogen-bond donors (Lipinski definition) is 1. The average molecular weight is 237 g/mol. The molecule has 3 unspecified atom stereocenters. The van der Waals surface area contributed by atoms with Gasteiger partial charge < -0.3 is 14.5 Å². The van der Waals surface area contributed by atoms with E-state index in [0.29, 0.717) is 12.0 Å². The van der Waals surface area contributed by atoms with Gasteiger partial charge in [-0.1, -0.05) is 13.8 Å². The summed E-state index contributed by atoms with van der Waals surface area (Å²) in [6, 6.07) is 4.46. The maximum atomic E-state index is 5.87. The predicted octanol–water partition coefficient (Wildman–Crippen LogP) is 2.92. The third kappa shape index (κ3) is 2.55. The quantitative estimate of drug-likeness (QED) is 0.855. The molecule has 0 aliphatic carbocycles. The largest absolute Gasteiger partial charge is 0.464 e. The second-order valence-corrected chi connectivity index (χ2v) is 4.69. The SMILES string of the molecule is CCc1ccc(C(NC)C2CCOC2CC)o1. The first-order chi connectivity index (χ1) is 8.30. The summed E-state index contributed by atoms with van der Waals surface area (Å²) in [6.07, 6.45) is 3.51. The summed E-state index contributed by atoms with van der Waals surface area (Å²) in [5.74, 6) is 2.64. The molecule has 3 heteroatoms. The lowest BCUT2D eigenvalue weighted by Crippen LogP contribution is -2.30. The summed E-state index contributed by atoms with van der Waals surface area (Å²) < 4.78 is 11.6. The molecular formula is C14H23NO2. The van der Waals surface area contributed by atoms with E-state index in [0.717, 1.165) is 37.4 Å². The van der Waals surface area contributed by atoms with Crippen molar-refractivity contribution >= 4 is 0 Å². The molecule has 0 saturated carbocycles. The van der Waals surface area contributed by atoms with E-state index in [-0.39, 0.29) is 6.04 Å². The van der Waals surface area contributed by atoms with Gasteiger partial charge in [-0.05, 0) is 32.0 Å². The number of nitrogens with one attached hydrogen (secondary N) is 1. The predicted molar refractivity (Wildman–Crippen MR) is 68.0 cm³/mol. The van der Waals surface area contributed by atoms with E-state index in [1.165, 1.54) is 0 Å². The van der Waals surface area contributed by atoms with Crippen LogP contribution in [-0.4, -0.2) is 19.8 Å². The third-order valence-electron chi connectivity index (χ3n) is 3.74. The van der Waals surface area contributed by atoms with E-state index < -0.39 is 0 Å². The number of hydrogen-bond acceptors (Lipinski definition) is 3. The lowest BCUT2D eigenvalue weighted by molar-refractivity contribution is 0.0756. The van der Waals surface area contributed by atoms with Crippen molar-refractivity contribution in [1.82, 2.24) is 5.32 Å². The maximum Gasteiger partial charge on any atom is 0.121 e. The van der Waals surface area contributed by atoms with Crippen LogP contribution in [-0.2, 0) is 11.2 Å². The minimum absolute atomic E-state index is 0.280. The molecule has 0 radical (unpaired) electrons. The fraction of sp³-hybridized carbons (Fsp3) is 0.714. The Hall–Kier alpha value is -0.800. The van der Waals surface area contributed by atoms with Gasteiger partial charge in [-0.2, -0.15) is 0 Å². The Morgan fingerprint density at radius 2 is 2.24 bits per heavy atom. The normalized spacial score (nSPS) is 26.3. The van der Waals surface area contributed by atoms with Crippen LogP contribution in [0.15, 0.2) is 16.5 Å². The van der Waals surface area contributed by atoms with Gasteiger partial charge in [0.05, 0.1) is 12.1 Å². The zero-order valence-corrected chi connectivity index (χ0v) is 11.0. The van der Waals surface area contributed by atoms with Gasteiger partial charge in [0.25, 0.3) is 0 Å². The Morgan fingerprint density at radius 1 is 1.41 bits per heavy atom. The standard InChI is InChI=1S/C14H23NO2/c1-4-10-6-7-13(17-10)14(15-3)11-8-9-16-12(11)5-2/h6-7,11-12,14-15H,4-5,8-9H2,1-3H3. The summed E-state index contributed by atoms with van der Waals surface area (Å²) in [4.78, 5) is 0. The van der Waals surface area contributed by atoms with Crippen molar-refractivity contribution in [2.45, 2.75) is 45.3 Å². The molecular weight excluding hydrogens is 214 g/mol. The van der Waals surface area contributed by atoms with Crippen molar-refractivity contribution in [2.75, 3.05) is 13.7 Å². The van der Waals surface area contributed by atoms with Gasteiger partial charge in [0.1, 0.15) is 11.5 Å². The molecule has 1 saturated heterocycles. The van der Waals surface area contributed by atoms with Crippen molar-refractivity contribution in [3.8, 4) is 0 Å². The van der Waals surface area contributed by atoms with E-state index in [4.69, 9.17) is 9.15 Å². The molecule has 1 aliphatic rings. The molecule has 1 aromatic heterocycles. The molecule has 0 aromatic carbocycles. The topological polar surface area (TPSA) is 34.4 Å². The van der Waals surface area contributed by atoms with Crippen molar-refractivity contribution in [3.05, 3.63) is 23.7 Å². The highest BCUT2D eigenvalue weighted by atomic mass is 16.5. The van der Waals surface area contributed by atoms with Crippen molar-refractivity contribution in [1.29, 1.82) is 0 Å². The lowest BCUT2D eigenvalue weighted by atomic mass is 9.90.